The molecule has 2 aromatic rings. The first-order chi connectivity index (χ1) is 11.7. The van der Waals surface area contributed by atoms with Gasteiger partial charge < -0.3 is 20.8 Å². The van der Waals surface area contributed by atoms with E-state index in [0.717, 1.165) is 31.9 Å². The molecule has 0 aliphatic rings. The first-order valence-corrected chi connectivity index (χ1v) is 8.13. The number of rotatable bonds is 8. The number of halogens is 1. The van der Waals surface area contributed by atoms with Gasteiger partial charge in [-0.3, -0.25) is 4.79 Å². The Morgan fingerprint density at radius 2 is 1.92 bits per heavy atom. The monoisotopic (exact) mass is 456 g/mol. The van der Waals surface area contributed by atoms with Gasteiger partial charge in [0.05, 0.1) is 0 Å². The average molecular weight is 456 g/mol. The number of carbonyl (C=O) groups is 1. The van der Waals surface area contributed by atoms with E-state index in [-0.39, 0.29) is 29.7 Å². The maximum absolute atomic E-state index is 11.0. The standard InChI is InChI=1S/C18H24N4O2.HI/c1-2-20-18(21-12-6-9-14-7-4-3-5-8-14)22-13-15-10-11-16(24-15)17(19)23;/h3-5,7-8,10-11H,2,6,9,12-13H2,1H3,(H2,19,23)(H2,20,21,22);1H. The van der Waals surface area contributed by atoms with Crippen molar-refractivity contribution in [2.75, 3.05) is 13.1 Å². The van der Waals surface area contributed by atoms with Gasteiger partial charge in [-0.15, -0.1) is 24.0 Å². The quantitative estimate of drug-likeness (QED) is 0.247. The van der Waals surface area contributed by atoms with Gasteiger partial charge in [0, 0.05) is 13.1 Å². The predicted octanol–water partition coefficient (Wildman–Crippen LogP) is 2.68. The number of hydrogen-bond acceptors (Lipinski definition) is 3. The summed E-state index contributed by atoms with van der Waals surface area (Å²) in [4.78, 5) is 15.5. The van der Waals surface area contributed by atoms with Crippen LogP contribution >= 0.6 is 24.0 Å². The lowest BCUT2D eigenvalue weighted by Crippen LogP contribution is -2.37. The molecule has 0 saturated heterocycles. The van der Waals surface area contributed by atoms with E-state index >= 15 is 0 Å². The van der Waals surface area contributed by atoms with Crippen molar-refractivity contribution in [1.82, 2.24) is 10.6 Å². The summed E-state index contributed by atoms with van der Waals surface area (Å²) in [6.45, 7) is 3.96. The van der Waals surface area contributed by atoms with Gasteiger partial charge in [-0.25, -0.2) is 4.99 Å². The lowest BCUT2D eigenvalue weighted by atomic mass is 10.1. The van der Waals surface area contributed by atoms with Gasteiger partial charge in [0.1, 0.15) is 12.3 Å². The van der Waals surface area contributed by atoms with E-state index in [4.69, 9.17) is 10.2 Å². The zero-order valence-electron chi connectivity index (χ0n) is 14.3. The predicted molar refractivity (Wildman–Crippen MR) is 110 cm³/mol. The highest BCUT2D eigenvalue weighted by molar-refractivity contribution is 14.0. The molecule has 0 spiro atoms. The van der Waals surface area contributed by atoms with Crippen molar-refractivity contribution in [2.24, 2.45) is 10.7 Å². The molecule has 0 fully saturated rings. The fourth-order valence-corrected chi connectivity index (χ4v) is 2.24. The average Bonchev–Trinajstić information content (AvgIpc) is 3.06. The van der Waals surface area contributed by atoms with Gasteiger partial charge in [-0.05, 0) is 37.5 Å². The Morgan fingerprint density at radius 1 is 1.16 bits per heavy atom. The Morgan fingerprint density at radius 3 is 2.56 bits per heavy atom. The third kappa shape index (κ3) is 7.59. The van der Waals surface area contributed by atoms with Crippen LogP contribution < -0.4 is 16.4 Å². The molecule has 0 aliphatic carbocycles. The van der Waals surface area contributed by atoms with E-state index in [2.05, 4.69) is 39.9 Å². The topological polar surface area (TPSA) is 92.6 Å². The van der Waals surface area contributed by atoms with Crippen molar-refractivity contribution in [1.29, 1.82) is 0 Å². The van der Waals surface area contributed by atoms with E-state index in [1.54, 1.807) is 12.1 Å². The van der Waals surface area contributed by atoms with Crippen LogP contribution in [0.1, 0.15) is 35.2 Å². The van der Waals surface area contributed by atoms with Crippen molar-refractivity contribution in [3.8, 4) is 0 Å². The summed E-state index contributed by atoms with van der Waals surface area (Å²) < 4.78 is 5.32. The number of amides is 1. The molecule has 0 radical (unpaired) electrons. The van der Waals surface area contributed by atoms with Crippen LogP contribution in [0.2, 0.25) is 0 Å². The number of benzene rings is 1. The second-order valence-electron chi connectivity index (χ2n) is 5.34. The molecule has 2 rings (SSSR count). The van der Waals surface area contributed by atoms with Crippen LogP contribution in [-0.2, 0) is 13.0 Å². The van der Waals surface area contributed by atoms with E-state index < -0.39 is 5.91 Å². The summed E-state index contributed by atoms with van der Waals surface area (Å²) in [7, 11) is 0. The lowest BCUT2D eigenvalue weighted by molar-refractivity contribution is 0.0972. The molecule has 1 heterocycles. The van der Waals surface area contributed by atoms with Crippen molar-refractivity contribution in [3.63, 3.8) is 0 Å². The highest BCUT2D eigenvalue weighted by Gasteiger charge is 2.06. The molecule has 1 aromatic heterocycles. The number of nitrogens with one attached hydrogen (secondary N) is 2. The molecule has 136 valence electrons. The molecule has 7 heteroatoms. The number of carbonyl (C=O) groups excluding carboxylic acids is 1. The highest BCUT2D eigenvalue weighted by atomic mass is 127. The molecule has 0 bridgehead atoms. The Kier molecular flexibility index (Phi) is 9.68. The molecular formula is C18H25IN4O2. The summed E-state index contributed by atoms with van der Waals surface area (Å²) in [6.07, 6.45) is 2.04. The van der Waals surface area contributed by atoms with Crippen LogP contribution in [0.4, 0.5) is 0 Å². The van der Waals surface area contributed by atoms with Gasteiger partial charge in [-0.1, -0.05) is 30.3 Å². The summed E-state index contributed by atoms with van der Waals surface area (Å²) in [6, 6.07) is 13.7. The number of aryl methyl sites for hydroxylation is 1. The van der Waals surface area contributed by atoms with Crippen LogP contribution in [0.15, 0.2) is 51.9 Å². The van der Waals surface area contributed by atoms with E-state index in [1.807, 2.05) is 13.0 Å². The lowest BCUT2D eigenvalue weighted by Gasteiger charge is -2.10. The van der Waals surface area contributed by atoms with Gasteiger partial charge in [0.2, 0.25) is 0 Å². The molecule has 1 amide bonds. The molecule has 0 atom stereocenters. The van der Waals surface area contributed by atoms with E-state index in [9.17, 15) is 4.79 Å². The minimum Gasteiger partial charge on any atom is -0.454 e. The van der Waals surface area contributed by atoms with Gasteiger partial charge in [-0.2, -0.15) is 0 Å². The minimum absolute atomic E-state index is 0. The molecule has 25 heavy (non-hydrogen) atoms. The number of furan rings is 1. The van der Waals surface area contributed by atoms with Crippen LogP contribution in [-0.4, -0.2) is 25.0 Å². The number of nitrogens with two attached hydrogens (primary N) is 1. The van der Waals surface area contributed by atoms with Gasteiger partial charge in [0.25, 0.3) is 5.91 Å². The van der Waals surface area contributed by atoms with Gasteiger partial charge >= 0.3 is 0 Å². The summed E-state index contributed by atoms with van der Waals surface area (Å²) >= 11 is 0. The first kappa shape index (κ1) is 21.0. The molecule has 0 unspecified atom stereocenters. The zero-order valence-corrected chi connectivity index (χ0v) is 16.7. The fraction of sp³-hybridized carbons (Fsp3) is 0.333. The molecule has 0 aliphatic heterocycles. The van der Waals surface area contributed by atoms with Crippen LogP contribution in [0, 0.1) is 0 Å². The second-order valence-corrected chi connectivity index (χ2v) is 5.34. The second kappa shape index (κ2) is 11.5. The van der Waals surface area contributed by atoms with Crippen molar-refractivity contribution in [3.05, 3.63) is 59.5 Å². The first-order valence-electron chi connectivity index (χ1n) is 8.13. The summed E-state index contributed by atoms with van der Waals surface area (Å²) in [5.41, 5.74) is 6.50. The Hall–Kier alpha value is -2.03. The Bertz CT molecular complexity index is 671. The zero-order chi connectivity index (χ0) is 17.2. The normalized spacial score (nSPS) is 10.8. The third-order valence-corrected chi connectivity index (χ3v) is 3.42. The van der Waals surface area contributed by atoms with Crippen molar-refractivity contribution >= 4 is 35.8 Å². The third-order valence-electron chi connectivity index (χ3n) is 3.42. The maximum Gasteiger partial charge on any atom is 0.284 e. The van der Waals surface area contributed by atoms with Gasteiger partial charge in [0.15, 0.2) is 11.7 Å². The van der Waals surface area contributed by atoms with Crippen LogP contribution in [0.5, 0.6) is 0 Å². The van der Waals surface area contributed by atoms with Crippen LogP contribution in [0.25, 0.3) is 0 Å². The summed E-state index contributed by atoms with van der Waals surface area (Å²) in [5, 5.41) is 6.48. The number of guanidine groups is 1. The number of aliphatic imine (C=N–C) groups is 1. The molecular weight excluding hydrogens is 431 g/mol. The van der Waals surface area contributed by atoms with Crippen LogP contribution in [0.3, 0.4) is 0 Å². The Labute approximate surface area is 165 Å². The largest absolute Gasteiger partial charge is 0.454 e. The number of nitrogens with zero attached hydrogens (tertiary/aromatic N) is 1. The fourth-order valence-electron chi connectivity index (χ4n) is 2.24. The van der Waals surface area contributed by atoms with Crippen molar-refractivity contribution < 1.29 is 9.21 Å². The van der Waals surface area contributed by atoms with E-state index in [1.165, 1.54) is 5.56 Å². The van der Waals surface area contributed by atoms with Crippen molar-refractivity contribution in [2.45, 2.75) is 26.3 Å². The smallest absolute Gasteiger partial charge is 0.284 e. The molecule has 0 saturated carbocycles. The molecule has 6 nitrogen and oxygen atoms in total. The minimum atomic E-state index is -0.573. The highest BCUT2D eigenvalue weighted by Crippen LogP contribution is 2.08. The number of hydrogen-bond donors (Lipinski definition) is 3. The molecule has 1 aromatic carbocycles. The maximum atomic E-state index is 11.0. The number of primary amides is 1. The SMILES string of the molecule is CCNC(=NCc1ccc(C(N)=O)o1)NCCCc1ccccc1.I. The molecule has 4 N–H and O–H groups in total. The Balaban J connectivity index is 0.00000312. The van der Waals surface area contributed by atoms with E-state index in [0.29, 0.717) is 12.3 Å². The summed E-state index contributed by atoms with van der Waals surface area (Å²) in [5.74, 6) is 0.907.